The summed E-state index contributed by atoms with van der Waals surface area (Å²) in [6.45, 7) is 1.91. The minimum Gasteiger partial charge on any atom is -0.396 e. The maximum atomic E-state index is 13.8. The molecule has 6 rings (SSSR count). The molecule has 0 atom stereocenters. The zero-order valence-corrected chi connectivity index (χ0v) is 27.2. The van der Waals surface area contributed by atoms with Gasteiger partial charge in [-0.25, -0.2) is 0 Å². The summed E-state index contributed by atoms with van der Waals surface area (Å²) in [4.78, 5) is 38.4. The summed E-state index contributed by atoms with van der Waals surface area (Å²) < 4.78 is 69.5. The van der Waals surface area contributed by atoms with Crippen LogP contribution < -0.4 is 11.2 Å². The number of rotatable bonds is 7. The predicted octanol–water partition coefficient (Wildman–Crippen LogP) is 5.03. The molecule has 0 amide bonds. The summed E-state index contributed by atoms with van der Waals surface area (Å²) in [5.74, 6) is -2.01. The van der Waals surface area contributed by atoms with Crippen molar-refractivity contribution in [3.05, 3.63) is 116 Å². The highest BCUT2D eigenvalue weighted by Crippen LogP contribution is 2.41. The zero-order valence-electron chi connectivity index (χ0n) is 25.6. The van der Waals surface area contributed by atoms with Gasteiger partial charge in [0.1, 0.15) is 15.5 Å². The SMILES string of the molecule is CCc1ccc2c(c1)C(=O)c1ccc(N/N=C3\C(=O)c4c(cc(S(=O)(=O)O)c(/N=N/c5ccc(C#N)cc5)c4N)C=C3S(=O)(=O)O)cc1C2=O. The van der Waals surface area contributed by atoms with Crippen LogP contribution in [0.15, 0.2) is 91.9 Å². The second kappa shape index (κ2) is 12.4. The summed E-state index contributed by atoms with van der Waals surface area (Å²) in [6, 6.07) is 17.2. The fraction of sp³-hybridized carbons (Fsp3) is 0.0606. The lowest BCUT2D eigenvalue weighted by Crippen LogP contribution is -2.28. The molecule has 17 heteroatoms. The molecular weight excluding hydrogens is 689 g/mol. The van der Waals surface area contributed by atoms with E-state index < -0.39 is 69.8 Å². The number of hydrogen-bond donors (Lipinski definition) is 4. The van der Waals surface area contributed by atoms with E-state index in [4.69, 9.17) is 11.0 Å². The Morgan fingerprint density at radius 2 is 1.44 bits per heavy atom. The third-order valence-corrected chi connectivity index (χ3v) is 9.63. The number of aryl methyl sites for hydroxylation is 1. The van der Waals surface area contributed by atoms with Crippen molar-refractivity contribution in [1.82, 2.24) is 0 Å². The number of nitrogens with one attached hydrogen (secondary N) is 1. The minimum absolute atomic E-state index is 0.0297. The molecule has 0 fully saturated rings. The van der Waals surface area contributed by atoms with Gasteiger partial charge in [0, 0.05) is 22.3 Å². The van der Waals surface area contributed by atoms with Gasteiger partial charge in [-0.15, -0.1) is 5.11 Å². The van der Waals surface area contributed by atoms with Crippen molar-refractivity contribution >= 4 is 72.1 Å². The molecule has 0 saturated heterocycles. The second-order valence-electron chi connectivity index (χ2n) is 11.0. The van der Waals surface area contributed by atoms with Gasteiger partial charge < -0.3 is 5.73 Å². The third-order valence-electron chi connectivity index (χ3n) is 7.90. The van der Waals surface area contributed by atoms with Gasteiger partial charge in [-0.2, -0.15) is 32.3 Å². The van der Waals surface area contributed by atoms with Crippen molar-refractivity contribution in [3.63, 3.8) is 0 Å². The monoisotopic (exact) mass is 710 g/mol. The van der Waals surface area contributed by atoms with Crippen LogP contribution in [-0.2, 0) is 26.7 Å². The van der Waals surface area contributed by atoms with Crippen LogP contribution in [0.2, 0.25) is 0 Å². The fourth-order valence-corrected chi connectivity index (χ4v) is 6.75. The number of carbonyl (C=O) groups excluding carboxylic acids is 3. The lowest BCUT2D eigenvalue weighted by Gasteiger charge is -2.20. The largest absolute Gasteiger partial charge is 0.396 e. The van der Waals surface area contributed by atoms with Crippen molar-refractivity contribution in [1.29, 1.82) is 5.26 Å². The Balaban J connectivity index is 1.42. The van der Waals surface area contributed by atoms with Crippen LogP contribution in [0.1, 0.15) is 65.8 Å². The number of nitrogen functional groups attached to an aromatic ring is 1. The molecule has 2 aliphatic rings. The molecule has 0 spiro atoms. The van der Waals surface area contributed by atoms with Crippen molar-refractivity contribution in [3.8, 4) is 6.07 Å². The molecule has 0 radical (unpaired) electrons. The van der Waals surface area contributed by atoms with Crippen LogP contribution in [0, 0.1) is 11.3 Å². The van der Waals surface area contributed by atoms with Crippen molar-refractivity contribution in [2.75, 3.05) is 11.2 Å². The van der Waals surface area contributed by atoms with Gasteiger partial charge >= 0.3 is 0 Å². The number of anilines is 2. The lowest BCUT2D eigenvalue weighted by atomic mass is 9.83. The number of azo groups is 1. The number of fused-ring (bicyclic) bond motifs is 3. The zero-order chi connectivity index (χ0) is 36.1. The number of allylic oxidation sites excluding steroid dienone is 1. The first-order valence-electron chi connectivity index (χ1n) is 14.4. The number of hydrogen-bond acceptors (Lipinski definition) is 13. The Morgan fingerprint density at radius 1 is 0.800 bits per heavy atom. The first-order chi connectivity index (χ1) is 23.6. The van der Waals surface area contributed by atoms with Crippen LogP contribution in [0.5, 0.6) is 0 Å². The minimum atomic E-state index is -5.20. The lowest BCUT2D eigenvalue weighted by molar-refractivity contribution is 0.0979. The third kappa shape index (κ3) is 5.99. The van der Waals surface area contributed by atoms with Gasteiger partial charge in [-0.1, -0.05) is 19.1 Å². The van der Waals surface area contributed by atoms with E-state index in [1.54, 1.807) is 18.2 Å². The number of nitriles is 1. The Bertz CT molecular complexity index is 2570. The highest BCUT2D eigenvalue weighted by molar-refractivity contribution is 7.91. The number of hydrazone groups is 1. The van der Waals surface area contributed by atoms with Gasteiger partial charge in [-0.3, -0.25) is 28.9 Å². The number of nitrogens with zero attached hydrogens (tertiary/aromatic N) is 4. The van der Waals surface area contributed by atoms with E-state index in [1.165, 1.54) is 42.5 Å². The molecule has 250 valence electrons. The van der Waals surface area contributed by atoms with Crippen molar-refractivity contribution in [2.24, 2.45) is 15.3 Å². The first kappa shape index (κ1) is 33.7. The molecule has 50 heavy (non-hydrogen) atoms. The van der Waals surface area contributed by atoms with Crippen LogP contribution in [0.4, 0.5) is 22.7 Å². The van der Waals surface area contributed by atoms with E-state index in [9.17, 15) is 40.3 Å². The number of benzene rings is 4. The Labute approximate surface area is 284 Å². The molecule has 2 aliphatic carbocycles. The molecule has 0 aliphatic heterocycles. The van der Waals surface area contributed by atoms with Crippen molar-refractivity contribution in [2.45, 2.75) is 18.2 Å². The van der Waals surface area contributed by atoms with Crippen LogP contribution in [0.25, 0.3) is 6.08 Å². The average molecular weight is 711 g/mol. The summed E-state index contributed by atoms with van der Waals surface area (Å²) in [7, 11) is -10.3. The predicted molar refractivity (Wildman–Crippen MR) is 180 cm³/mol. The maximum Gasteiger partial charge on any atom is 0.296 e. The summed E-state index contributed by atoms with van der Waals surface area (Å²) >= 11 is 0. The van der Waals surface area contributed by atoms with Gasteiger partial charge in [-0.05, 0) is 78.2 Å². The number of ketones is 3. The highest BCUT2D eigenvalue weighted by atomic mass is 32.2. The molecule has 0 saturated carbocycles. The molecule has 15 nitrogen and oxygen atoms in total. The van der Waals surface area contributed by atoms with E-state index >= 15 is 0 Å². The fourth-order valence-electron chi connectivity index (χ4n) is 5.42. The first-order valence-corrected chi connectivity index (χ1v) is 17.3. The Hall–Kier alpha value is -6.19. The smallest absolute Gasteiger partial charge is 0.296 e. The topological polar surface area (TPSA) is 259 Å². The second-order valence-corrected chi connectivity index (χ2v) is 13.8. The Morgan fingerprint density at radius 3 is 2.04 bits per heavy atom. The number of Topliss-reactive ketones (excluding diaryl/α,β-unsaturated/α-hetero) is 1. The van der Waals surface area contributed by atoms with Gasteiger partial charge in [0.15, 0.2) is 17.3 Å². The Kier molecular flexibility index (Phi) is 8.33. The van der Waals surface area contributed by atoms with E-state index in [0.29, 0.717) is 12.0 Å². The average Bonchev–Trinajstić information content (AvgIpc) is 3.08. The summed E-state index contributed by atoms with van der Waals surface area (Å²) in [5.41, 5.74) is 7.64. The molecule has 0 aromatic heterocycles. The maximum absolute atomic E-state index is 13.8. The molecule has 4 aromatic rings. The number of nitrogens with two attached hydrogens (primary N) is 1. The van der Waals surface area contributed by atoms with Crippen LogP contribution >= 0.6 is 0 Å². The van der Waals surface area contributed by atoms with Crippen LogP contribution in [0.3, 0.4) is 0 Å². The molecule has 0 unspecified atom stereocenters. The summed E-state index contributed by atoms with van der Waals surface area (Å²) in [5, 5.41) is 20.6. The molecule has 0 bridgehead atoms. The molecular formula is C33H22N6O9S2. The van der Waals surface area contributed by atoms with E-state index in [0.717, 1.165) is 17.7 Å². The van der Waals surface area contributed by atoms with E-state index in [-0.39, 0.29) is 39.4 Å². The number of carbonyl (C=O) groups is 3. The quantitative estimate of drug-likeness (QED) is 0.0750. The van der Waals surface area contributed by atoms with Crippen molar-refractivity contribution < 1.29 is 40.3 Å². The standard InChI is InChI=1S/C33H22N6O9S2/c1-2-16-5-9-21-23(11-16)31(40)22-10-8-20(14-24(22)32(21)41)37-39-30-26(50(46,47)48)13-18-12-25(49(43,44)45)29(28(35)27(18)33(30)42)38-36-19-6-3-17(15-34)4-7-19/h3-14,37H,2,35H2,1H3,(H,43,44,45)(H,46,47,48)/b38-36+,39-30-. The van der Waals surface area contributed by atoms with E-state index in [1.807, 2.05) is 13.0 Å². The van der Waals surface area contributed by atoms with E-state index in [2.05, 4.69) is 20.8 Å². The van der Waals surface area contributed by atoms with Crippen LogP contribution in [-0.4, -0.2) is 49.0 Å². The molecule has 0 heterocycles. The molecule has 4 aromatic carbocycles. The van der Waals surface area contributed by atoms with Gasteiger partial charge in [0.05, 0.1) is 34.3 Å². The van der Waals surface area contributed by atoms with Gasteiger partial charge in [0.25, 0.3) is 20.2 Å². The van der Waals surface area contributed by atoms with Gasteiger partial charge in [0.2, 0.25) is 5.78 Å². The highest BCUT2D eigenvalue weighted by Gasteiger charge is 2.37. The molecule has 5 N–H and O–H groups in total. The summed E-state index contributed by atoms with van der Waals surface area (Å²) in [6.07, 6.45) is 1.39. The normalized spacial score (nSPS) is 15.0.